The lowest BCUT2D eigenvalue weighted by Crippen LogP contribution is -2.22. The Morgan fingerprint density at radius 1 is 1.56 bits per heavy atom. The third kappa shape index (κ3) is 2.39. The minimum Gasteiger partial charge on any atom is -0.481 e. The van der Waals surface area contributed by atoms with Crippen LogP contribution in [-0.2, 0) is 11.2 Å². The van der Waals surface area contributed by atoms with Crippen LogP contribution in [0.25, 0.3) is 0 Å². The van der Waals surface area contributed by atoms with Gasteiger partial charge in [-0.1, -0.05) is 13.0 Å². The van der Waals surface area contributed by atoms with Gasteiger partial charge in [0.2, 0.25) is 0 Å². The molecule has 3 nitrogen and oxygen atoms in total. The zero-order valence-corrected chi connectivity index (χ0v) is 9.46. The standard InChI is InChI=1S/C12H16FNO2/c1-3-8-5-9(7(2)4-11(8)13)10(6-14)12(15)16/h4-5,10H,3,6,14H2,1-2H3,(H,15,16). The van der Waals surface area contributed by atoms with Crippen molar-refractivity contribution in [2.24, 2.45) is 5.73 Å². The number of aliphatic carboxylic acids is 1. The summed E-state index contributed by atoms with van der Waals surface area (Å²) in [4.78, 5) is 11.0. The molecular weight excluding hydrogens is 209 g/mol. The monoisotopic (exact) mass is 225 g/mol. The predicted octanol–water partition coefficient (Wildman–Crippen LogP) is 1.82. The van der Waals surface area contributed by atoms with E-state index in [9.17, 15) is 9.18 Å². The molecule has 16 heavy (non-hydrogen) atoms. The third-order valence-corrected chi connectivity index (χ3v) is 2.73. The topological polar surface area (TPSA) is 63.3 Å². The van der Waals surface area contributed by atoms with Gasteiger partial charge in [-0.3, -0.25) is 4.79 Å². The van der Waals surface area contributed by atoms with Gasteiger partial charge in [0.15, 0.2) is 0 Å². The molecule has 1 rings (SSSR count). The van der Waals surface area contributed by atoms with E-state index in [1.807, 2.05) is 6.92 Å². The molecule has 0 fully saturated rings. The molecule has 1 aromatic rings. The van der Waals surface area contributed by atoms with Crippen molar-refractivity contribution in [3.8, 4) is 0 Å². The number of hydrogen-bond acceptors (Lipinski definition) is 2. The fourth-order valence-corrected chi connectivity index (χ4v) is 1.74. The van der Waals surface area contributed by atoms with E-state index in [1.54, 1.807) is 13.0 Å². The van der Waals surface area contributed by atoms with Gasteiger partial charge in [0, 0.05) is 6.54 Å². The van der Waals surface area contributed by atoms with Gasteiger partial charge in [-0.05, 0) is 36.1 Å². The summed E-state index contributed by atoms with van der Waals surface area (Å²) in [6, 6.07) is 2.98. The van der Waals surface area contributed by atoms with Crippen molar-refractivity contribution in [3.05, 3.63) is 34.6 Å². The summed E-state index contributed by atoms with van der Waals surface area (Å²) in [6.45, 7) is 3.55. The van der Waals surface area contributed by atoms with Crippen LogP contribution in [0.4, 0.5) is 4.39 Å². The van der Waals surface area contributed by atoms with Gasteiger partial charge in [-0.25, -0.2) is 4.39 Å². The second-order valence-electron chi connectivity index (χ2n) is 3.78. The molecule has 0 aliphatic carbocycles. The van der Waals surface area contributed by atoms with E-state index in [0.29, 0.717) is 23.1 Å². The van der Waals surface area contributed by atoms with E-state index in [2.05, 4.69) is 0 Å². The summed E-state index contributed by atoms with van der Waals surface area (Å²) in [5.41, 5.74) is 7.19. The Hall–Kier alpha value is -1.42. The highest BCUT2D eigenvalue weighted by molar-refractivity contribution is 5.77. The van der Waals surface area contributed by atoms with Crippen molar-refractivity contribution in [1.29, 1.82) is 0 Å². The molecule has 0 aliphatic heterocycles. The van der Waals surface area contributed by atoms with E-state index in [4.69, 9.17) is 10.8 Å². The first-order valence-corrected chi connectivity index (χ1v) is 5.23. The average molecular weight is 225 g/mol. The molecule has 0 heterocycles. The first-order valence-electron chi connectivity index (χ1n) is 5.23. The molecule has 0 bridgehead atoms. The summed E-state index contributed by atoms with van der Waals surface area (Å²) >= 11 is 0. The fourth-order valence-electron chi connectivity index (χ4n) is 1.74. The van der Waals surface area contributed by atoms with Gasteiger partial charge in [0.1, 0.15) is 5.82 Å². The Kier molecular flexibility index (Phi) is 4.01. The molecule has 0 amide bonds. The van der Waals surface area contributed by atoms with E-state index in [0.717, 1.165) is 0 Å². The smallest absolute Gasteiger partial charge is 0.312 e. The lowest BCUT2D eigenvalue weighted by Gasteiger charge is -2.15. The van der Waals surface area contributed by atoms with Crippen LogP contribution < -0.4 is 5.73 Å². The number of rotatable bonds is 4. The lowest BCUT2D eigenvalue weighted by molar-refractivity contribution is -0.138. The van der Waals surface area contributed by atoms with Gasteiger partial charge >= 0.3 is 5.97 Å². The molecule has 4 heteroatoms. The van der Waals surface area contributed by atoms with Crippen LogP contribution >= 0.6 is 0 Å². The Bertz CT molecular complexity index is 404. The number of aryl methyl sites for hydroxylation is 2. The molecule has 0 aromatic heterocycles. The first-order chi connectivity index (χ1) is 7.51. The maximum absolute atomic E-state index is 13.4. The van der Waals surface area contributed by atoms with E-state index >= 15 is 0 Å². The van der Waals surface area contributed by atoms with Crippen LogP contribution in [-0.4, -0.2) is 17.6 Å². The van der Waals surface area contributed by atoms with Crippen LogP contribution in [0.2, 0.25) is 0 Å². The number of nitrogens with two attached hydrogens (primary N) is 1. The van der Waals surface area contributed by atoms with Crippen molar-refractivity contribution in [1.82, 2.24) is 0 Å². The molecule has 1 atom stereocenters. The van der Waals surface area contributed by atoms with Gasteiger partial charge in [0.05, 0.1) is 5.92 Å². The fraction of sp³-hybridized carbons (Fsp3) is 0.417. The second kappa shape index (κ2) is 5.07. The number of hydrogen-bond donors (Lipinski definition) is 2. The summed E-state index contributed by atoms with van der Waals surface area (Å²) in [5.74, 6) is -2.02. The summed E-state index contributed by atoms with van der Waals surface area (Å²) < 4.78 is 13.4. The maximum Gasteiger partial charge on any atom is 0.312 e. The van der Waals surface area contributed by atoms with Crippen molar-refractivity contribution >= 4 is 5.97 Å². The second-order valence-corrected chi connectivity index (χ2v) is 3.78. The minimum atomic E-state index is -0.973. The third-order valence-electron chi connectivity index (χ3n) is 2.73. The van der Waals surface area contributed by atoms with Crippen LogP contribution in [0.3, 0.4) is 0 Å². The van der Waals surface area contributed by atoms with Crippen LogP contribution in [0, 0.1) is 12.7 Å². The van der Waals surface area contributed by atoms with Crippen LogP contribution in [0.1, 0.15) is 29.5 Å². The zero-order chi connectivity index (χ0) is 12.3. The van der Waals surface area contributed by atoms with E-state index < -0.39 is 11.9 Å². The summed E-state index contributed by atoms with van der Waals surface area (Å²) in [6.07, 6.45) is 0.538. The highest BCUT2D eigenvalue weighted by Gasteiger charge is 2.21. The van der Waals surface area contributed by atoms with Crippen LogP contribution in [0.15, 0.2) is 12.1 Å². The number of carbonyl (C=O) groups is 1. The van der Waals surface area contributed by atoms with Crippen molar-refractivity contribution < 1.29 is 14.3 Å². The van der Waals surface area contributed by atoms with Crippen molar-refractivity contribution in [2.75, 3.05) is 6.54 Å². The molecule has 1 unspecified atom stereocenters. The number of benzene rings is 1. The Balaban J connectivity index is 3.26. The lowest BCUT2D eigenvalue weighted by atomic mass is 9.92. The summed E-state index contributed by atoms with van der Waals surface area (Å²) in [7, 11) is 0. The SMILES string of the molecule is CCc1cc(C(CN)C(=O)O)c(C)cc1F. The van der Waals surface area contributed by atoms with Crippen molar-refractivity contribution in [3.63, 3.8) is 0 Å². The van der Waals surface area contributed by atoms with Gasteiger partial charge < -0.3 is 10.8 Å². The van der Waals surface area contributed by atoms with E-state index in [1.165, 1.54) is 6.07 Å². The Morgan fingerprint density at radius 3 is 2.62 bits per heavy atom. The molecule has 0 saturated heterocycles. The number of halogens is 1. The normalized spacial score (nSPS) is 12.5. The Labute approximate surface area is 94.1 Å². The largest absolute Gasteiger partial charge is 0.481 e. The molecule has 0 aliphatic rings. The molecule has 3 N–H and O–H groups in total. The molecule has 0 spiro atoms. The first kappa shape index (κ1) is 12.6. The van der Waals surface area contributed by atoms with Crippen molar-refractivity contribution in [2.45, 2.75) is 26.2 Å². The van der Waals surface area contributed by atoms with Crippen LogP contribution in [0.5, 0.6) is 0 Å². The zero-order valence-electron chi connectivity index (χ0n) is 9.46. The number of carboxylic acids is 1. The average Bonchev–Trinajstić information content (AvgIpc) is 2.21. The van der Waals surface area contributed by atoms with Gasteiger partial charge in [-0.15, -0.1) is 0 Å². The Morgan fingerprint density at radius 2 is 2.19 bits per heavy atom. The highest BCUT2D eigenvalue weighted by Crippen LogP contribution is 2.23. The molecular formula is C12H16FNO2. The number of carboxylic acid groups (broad SMARTS) is 1. The quantitative estimate of drug-likeness (QED) is 0.821. The molecule has 88 valence electrons. The minimum absolute atomic E-state index is 0.0188. The van der Waals surface area contributed by atoms with Gasteiger partial charge in [0.25, 0.3) is 0 Å². The van der Waals surface area contributed by atoms with E-state index in [-0.39, 0.29) is 12.4 Å². The highest BCUT2D eigenvalue weighted by atomic mass is 19.1. The molecule has 0 radical (unpaired) electrons. The molecule has 1 aromatic carbocycles. The molecule has 0 saturated carbocycles. The predicted molar refractivity (Wildman–Crippen MR) is 59.9 cm³/mol. The summed E-state index contributed by atoms with van der Waals surface area (Å²) in [5, 5.41) is 9.01. The maximum atomic E-state index is 13.4. The van der Waals surface area contributed by atoms with Gasteiger partial charge in [-0.2, -0.15) is 0 Å².